The summed E-state index contributed by atoms with van der Waals surface area (Å²) < 4.78 is 1.08. The molecule has 0 fully saturated rings. The molecule has 4 aromatic rings. The number of hydrogen-bond acceptors (Lipinski definition) is 4. The molecular weight excluding hydrogens is 398 g/mol. The van der Waals surface area contributed by atoms with Gasteiger partial charge in [-0.2, -0.15) is 0 Å². The number of carbonyl (C=O) groups excluding carboxylic acids is 1. The molecular formula is C23H19N3OS2. The fraction of sp³-hybridized carbons (Fsp3) is 0.0870. The van der Waals surface area contributed by atoms with Crippen LogP contribution < -0.4 is 10.6 Å². The van der Waals surface area contributed by atoms with E-state index in [2.05, 4.69) is 21.7 Å². The second-order valence-electron chi connectivity index (χ2n) is 6.69. The van der Waals surface area contributed by atoms with Crippen molar-refractivity contribution in [3.63, 3.8) is 0 Å². The first-order chi connectivity index (χ1) is 14.1. The van der Waals surface area contributed by atoms with Gasteiger partial charge in [-0.05, 0) is 48.0 Å². The van der Waals surface area contributed by atoms with Crippen molar-refractivity contribution >= 4 is 49.9 Å². The number of hydrogen-bond donors (Lipinski definition) is 2. The maximum atomic E-state index is 13.1. The fourth-order valence-electron chi connectivity index (χ4n) is 3.18. The highest BCUT2D eigenvalue weighted by atomic mass is 32.1. The Morgan fingerprint density at radius 2 is 1.59 bits per heavy atom. The molecule has 2 N–H and O–H groups in total. The molecule has 0 spiro atoms. The summed E-state index contributed by atoms with van der Waals surface area (Å²) in [6.07, 6.45) is 0. The SMILES string of the molecule is Cc1ccc2nc(NC(=S)NC(=O)C(c3ccccc3)c3ccccc3)sc2c1. The zero-order valence-electron chi connectivity index (χ0n) is 15.8. The number of aryl methyl sites for hydroxylation is 1. The summed E-state index contributed by atoms with van der Waals surface area (Å²) in [6, 6.07) is 25.5. The van der Waals surface area contributed by atoms with Crippen molar-refractivity contribution in [2.75, 3.05) is 5.32 Å². The van der Waals surface area contributed by atoms with Crippen LogP contribution in [0.15, 0.2) is 78.9 Å². The monoisotopic (exact) mass is 417 g/mol. The average Bonchev–Trinajstić information content (AvgIpc) is 3.10. The molecule has 0 bridgehead atoms. The molecule has 4 rings (SSSR count). The number of benzene rings is 3. The van der Waals surface area contributed by atoms with Gasteiger partial charge in [0.2, 0.25) is 5.91 Å². The van der Waals surface area contributed by atoms with Gasteiger partial charge in [0.25, 0.3) is 0 Å². The molecule has 0 unspecified atom stereocenters. The topological polar surface area (TPSA) is 54.0 Å². The van der Waals surface area contributed by atoms with Crippen LogP contribution in [0, 0.1) is 6.92 Å². The van der Waals surface area contributed by atoms with Gasteiger partial charge in [0.05, 0.1) is 16.1 Å². The van der Waals surface area contributed by atoms with Crippen molar-refractivity contribution in [3.8, 4) is 0 Å². The lowest BCUT2D eigenvalue weighted by Crippen LogP contribution is -2.37. The van der Waals surface area contributed by atoms with Crippen LogP contribution in [0.5, 0.6) is 0 Å². The molecule has 144 valence electrons. The van der Waals surface area contributed by atoms with Gasteiger partial charge >= 0.3 is 0 Å². The van der Waals surface area contributed by atoms with Crippen LogP contribution in [0.3, 0.4) is 0 Å². The van der Waals surface area contributed by atoms with Crippen molar-refractivity contribution in [1.82, 2.24) is 10.3 Å². The second-order valence-corrected chi connectivity index (χ2v) is 8.13. The van der Waals surface area contributed by atoms with Crippen LogP contribution in [-0.4, -0.2) is 16.0 Å². The van der Waals surface area contributed by atoms with Gasteiger partial charge < -0.3 is 10.6 Å². The molecule has 0 aliphatic carbocycles. The van der Waals surface area contributed by atoms with E-state index in [1.54, 1.807) is 0 Å². The molecule has 29 heavy (non-hydrogen) atoms. The van der Waals surface area contributed by atoms with Crippen LogP contribution >= 0.6 is 23.6 Å². The Labute approximate surface area is 178 Å². The summed E-state index contributed by atoms with van der Waals surface area (Å²) >= 11 is 6.89. The molecule has 1 amide bonds. The van der Waals surface area contributed by atoms with E-state index in [9.17, 15) is 4.79 Å². The van der Waals surface area contributed by atoms with Crippen LogP contribution in [0.2, 0.25) is 0 Å². The summed E-state index contributed by atoms with van der Waals surface area (Å²) in [5.74, 6) is -0.632. The Kier molecular flexibility index (Phi) is 5.64. The zero-order valence-corrected chi connectivity index (χ0v) is 17.4. The number of fused-ring (bicyclic) bond motifs is 1. The minimum absolute atomic E-state index is 0.183. The van der Waals surface area contributed by atoms with E-state index >= 15 is 0 Å². The van der Waals surface area contributed by atoms with Gasteiger partial charge in [-0.15, -0.1) is 0 Å². The molecule has 3 aromatic carbocycles. The van der Waals surface area contributed by atoms with Crippen molar-refractivity contribution in [1.29, 1.82) is 0 Å². The standard InChI is InChI=1S/C23H19N3OS2/c1-15-12-13-18-19(14-15)29-23(24-18)26-22(28)25-21(27)20(16-8-4-2-5-9-16)17-10-6-3-7-11-17/h2-14,20H,1H3,(H2,24,25,26,27,28). The molecule has 1 aromatic heterocycles. The summed E-state index contributed by atoms with van der Waals surface area (Å²) in [4.78, 5) is 17.6. The first kappa shape index (κ1) is 19.2. The lowest BCUT2D eigenvalue weighted by Gasteiger charge is -2.18. The van der Waals surface area contributed by atoms with E-state index in [0.717, 1.165) is 21.3 Å². The maximum absolute atomic E-state index is 13.1. The number of aromatic nitrogens is 1. The van der Waals surface area contributed by atoms with Gasteiger partial charge in [-0.25, -0.2) is 4.98 Å². The van der Waals surface area contributed by atoms with Gasteiger partial charge in [0, 0.05) is 0 Å². The van der Waals surface area contributed by atoms with Crippen molar-refractivity contribution in [3.05, 3.63) is 95.6 Å². The number of nitrogens with zero attached hydrogens (tertiary/aromatic N) is 1. The molecule has 0 saturated carbocycles. The number of thiocarbonyl (C=S) groups is 1. The number of nitrogens with one attached hydrogen (secondary N) is 2. The predicted octanol–water partition coefficient (Wildman–Crippen LogP) is 5.25. The fourth-order valence-corrected chi connectivity index (χ4v) is 4.41. The highest BCUT2D eigenvalue weighted by Crippen LogP contribution is 2.27. The third-order valence-electron chi connectivity index (χ3n) is 4.53. The number of amides is 1. The Morgan fingerprint density at radius 3 is 2.21 bits per heavy atom. The van der Waals surface area contributed by atoms with E-state index in [1.807, 2.05) is 79.7 Å². The first-order valence-electron chi connectivity index (χ1n) is 9.19. The summed E-state index contributed by atoms with van der Waals surface area (Å²) in [7, 11) is 0. The summed E-state index contributed by atoms with van der Waals surface area (Å²) in [6.45, 7) is 2.05. The summed E-state index contributed by atoms with van der Waals surface area (Å²) in [5.41, 5.74) is 3.91. The molecule has 0 radical (unpaired) electrons. The van der Waals surface area contributed by atoms with Crippen LogP contribution in [-0.2, 0) is 4.79 Å². The molecule has 0 aliphatic heterocycles. The Hall–Kier alpha value is -3.09. The van der Waals surface area contributed by atoms with E-state index in [4.69, 9.17) is 12.2 Å². The quantitative estimate of drug-likeness (QED) is 0.445. The third-order valence-corrected chi connectivity index (χ3v) is 5.67. The van der Waals surface area contributed by atoms with Crippen LogP contribution in [0.1, 0.15) is 22.6 Å². The van der Waals surface area contributed by atoms with E-state index in [-0.39, 0.29) is 11.0 Å². The molecule has 4 nitrogen and oxygen atoms in total. The zero-order chi connectivity index (χ0) is 20.2. The molecule has 0 atom stereocenters. The van der Waals surface area contributed by atoms with Gasteiger partial charge in [-0.1, -0.05) is 78.1 Å². The second kappa shape index (κ2) is 8.51. The Bertz CT molecular complexity index is 1120. The Balaban J connectivity index is 1.53. The normalized spacial score (nSPS) is 10.8. The molecule has 0 aliphatic rings. The number of anilines is 1. The van der Waals surface area contributed by atoms with Crippen molar-refractivity contribution < 1.29 is 4.79 Å². The number of thiazole rings is 1. The maximum Gasteiger partial charge on any atom is 0.238 e. The largest absolute Gasteiger partial charge is 0.308 e. The predicted molar refractivity (Wildman–Crippen MR) is 123 cm³/mol. The Morgan fingerprint density at radius 1 is 0.966 bits per heavy atom. The number of carbonyl (C=O) groups is 1. The smallest absolute Gasteiger partial charge is 0.238 e. The molecule has 1 heterocycles. The van der Waals surface area contributed by atoms with Crippen molar-refractivity contribution in [2.24, 2.45) is 0 Å². The lowest BCUT2D eigenvalue weighted by molar-refractivity contribution is -0.120. The minimum Gasteiger partial charge on any atom is -0.308 e. The van der Waals surface area contributed by atoms with Gasteiger partial charge in [0.15, 0.2) is 10.2 Å². The van der Waals surface area contributed by atoms with Crippen LogP contribution in [0.25, 0.3) is 10.2 Å². The van der Waals surface area contributed by atoms with Crippen LogP contribution in [0.4, 0.5) is 5.13 Å². The third kappa shape index (κ3) is 4.50. The van der Waals surface area contributed by atoms with E-state index in [1.165, 1.54) is 16.9 Å². The molecule has 6 heteroatoms. The highest BCUT2D eigenvalue weighted by molar-refractivity contribution is 7.80. The van der Waals surface area contributed by atoms with E-state index < -0.39 is 5.92 Å². The van der Waals surface area contributed by atoms with Crippen molar-refractivity contribution in [2.45, 2.75) is 12.8 Å². The minimum atomic E-state index is -0.449. The average molecular weight is 418 g/mol. The van der Waals surface area contributed by atoms with Gasteiger partial charge in [0.1, 0.15) is 0 Å². The van der Waals surface area contributed by atoms with Gasteiger partial charge in [-0.3, -0.25) is 4.79 Å². The summed E-state index contributed by atoms with van der Waals surface area (Å²) in [5, 5.41) is 6.77. The number of rotatable bonds is 4. The first-order valence-corrected chi connectivity index (χ1v) is 10.4. The molecule has 0 saturated heterocycles. The lowest BCUT2D eigenvalue weighted by atomic mass is 9.90. The highest BCUT2D eigenvalue weighted by Gasteiger charge is 2.23. The van der Waals surface area contributed by atoms with E-state index in [0.29, 0.717) is 5.13 Å².